The summed E-state index contributed by atoms with van der Waals surface area (Å²) in [6.45, 7) is 2.66. The quantitative estimate of drug-likeness (QED) is 0.875. The molecule has 0 aromatic heterocycles. The minimum absolute atomic E-state index is 0.0836. The van der Waals surface area contributed by atoms with Crippen molar-refractivity contribution in [3.8, 4) is 0 Å². The summed E-state index contributed by atoms with van der Waals surface area (Å²) in [7, 11) is 0. The second kappa shape index (κ2) is 5.74. The van der Waals surface area contributed by atoms with Gasteiger partial charge in [0.05, 0.1) is 0 Å². The Morgan fingerprint density at radius 3 is 2.79 bits per heavy atom. The fraction of sp³-hybridized carbons (Fsp3) is 0.562. The molecule has 1 saturated carbocycles. The molecule has 1 heterocycles. The molecule has 1 aliphatic carbocycles. The molecule has 2 N–H and O–H groups in total. The first kappa shape index (κ1) is 12.7. The maximum atomic E-state index is 12.2. The van der Waals surface area contributed by atoms with Crippen LogP contribution in [-0.2, 0) is 13.1 Å². The summed E-state index contributed by atoms with van der Waals surface area (Å²) in [5.74, 6) is 0.772. The number of hydrogen-bond donors (Lipinski definition) is 2. The molecular formula is C16H22N2O. The van der Waals surface area contributed by atoms with Gasteiger partial charge in [-0.05, 0) is 42.0 Å². The Kier molecular flexibility index (Phi) is 3.83. The predicted octanol–water partition coefficient (Wildman–Crippen LogP) is 2.60. The molecule has 1 aromatic carbocycles. The Labute approximate surface area is 114 Å². The van der Waals surface area contributed by atoms with E-state index >= 15 is 0 Å². The highest BCUT2D eigenvalue weighted by molar-refractivity contribution is 5.94. The summed E-state index contributed by atoms with van der Waals surface area (Å²) in [4.78, 5) is 12.2. The number of carbonyl (C=O) groups is 1. The molecule has 3 nitrogen and oxygen atoms in total. The van der Waals surface area contributed by atoms with Gasteiger partial charge in [0.2, 0.25) is 0 Å². The third-order valence-electron chi connectivity index (χ3n) is 4.38. The molecule has 0 unspecified atom stereocenters. The highest BCUT2D eigenvalue weighted by Crippen LogP contribution is 2.23. The van der Waals surface area contributed by atoms with Gasteiger partial charge in [-0.15, -0.1) is 0 Å². The second-order valence-electron chi connectivity index (χ2n) is 5.80. The maximum absolute atomic E-state index is 12.2. The van der Waals surface area contributed by atoms with Crippen LogP contribution in [0.2, 0.25) is 0 Å². The van der Waals surface area contributed by atoms with E-state index in [1.165, 1.54) is 43.2 Å². The van der Waals surface area contributed by atoms with Crippen LogP contribution in [0, 0.1) is 5.92 Å². The van der Waals surface area contributed by atoms with Gasteiger partial charge in [0.1, 0.15) is 0 Å². The van der Waals surface area contributed by atoms with E-state index in [1.807, 2.05) is 12.1 Å². The van der Waals surface area contributed by atoms with Crippen molar-refractivity contribution in [2.24, 2.45) is 5.92 Å². The van der Waals surface area contributed by atoms with Gasteiger partial charge >= 0.3 is 0 Å². The number of fused-ring (bicyclic) bond motifs is 1. The molecule has 1 amide bonds. The minimum atomic E-state index is 0.0836. The zero-order valence-electron chi connectivity index (χ0n) is 11.4. The molecule has 3 heteroatoms. The van der Waals surface area contributed by atoms with Crippen molar-refractivity contribution >= 4 is 5.91 Å². The third kappa shape index (κ3) is 2.98. The Balaban J connectivity index is 1.57. The summed E-state index contributed by atoms with van der Waals surface area (Å²) in [6, 6.07) is 6.05. The number of amides is 1. The zero-order chi connectivity index (χ0) is 13.1. The molecule has 102 valence electrons. The van der Waals surface area contributed by atoms with E-state index < -0.39 is 0 Å². The fourth-order valence-corrected chi connectivity index (χ4v) is 3.17. The number of benzene rings is 1. The summed E-state index contributed by atoms with van der Waals surface area (Å²) < 4.78 is 0. The normalized spacial score (nSPS) is 19.2. The van der Waals surface area contributed by atoms with Crippen LogP contribution in [-0.4, -0.2) is 12.5 Å². The van der Waals surface area contributed by atoms with Crippen LogP contribution in [0.5, 0.6) is 0 Å². The molecule has 0 radical (unpaired) electrons. The van der Waals surface area contributed by atoms with E-state index in [-0.39, 0.29) is 5.91 Å². The Bertz CT molecular complexity index is 464. The van der Waals surface area contributed by atoms with Crippen molar-refractivity contribution in [1.29, 1.82) is 0 Å². The van der Waals surface area contributed by atoms with E-state index in [4.69, 9.17) is 0 Å². The highest BCUT2D eigenvalue weighted by atomic mass is 16.1. The van der Waals surface area contributed by atoms with Crippen LogP contribution in [0.1, 0.15) is 53.6 Å². The summed E-state index contributed by atoms with van der Waals surface area (Å²) in [5.41, 5.74) is 3.40. The van der Waals surface area contributed by atoms with Crippen molar-refractivity contribution in [3.05, 3.63) is 34.9 Å². The molecule has 3 rings (SSSR count). The SMILES string of the molecule is O=C(NCC1CCCCC1)c1ccc2c(c1)CNC2. The lowest BCUT2D eigenvalue weighted by molar-refractivity contribution is 0.0943. The molecule has 19 heavy (non-hydrogen) atoms. The second-order valence-corrected chi connectivity index (χ2v) is 5.80. The van der Waals surface area contributed by atoms with E-state index in [9.17, 15) is 4.79 Å². The Morgan fingerprint density at radius 1 is 1.16 bits per heavy atom. The molecule has 0 bridgehead atoms. The number of rotatable bonds is 3. The zero-order valence-corrected chi connectivity index (χ0v) is 11.4. The van der Waals surface area contributed by atoms with Gasteiger partial charge in [-0.3, -0.25) is 4.79 Å². The molecule has 0 atom stereocenters. The van der Waals surface area contributed by atoms with Crippen LogP contribution >= 0.6 is 0 Å². The number of carbonyl (C=O) groups excluding carboxylic acids is 1. The van der Waals surface area contributed by atoms with Gasteiger partial charge in [0, 0.05) is 25.2 Å². The molecular weight excluding hydrogens is 236 g/mol. The summed E-state index contributed by atoms with van der Waals surface area (Å²) >= 11 is 0. The Morgan fingerprint density at radius 2 is 1.95 bits per heavy atom. The third-order valence-corrected chi connectivity index (χ3v) is 4.38. The van der Waals surface area contributed by atoms with Crippen molar-refractivity contribution in [2.45, 2.75) is 45.2 Å². The predicted molar refractivity (Wildman–Crippen MR) is 75.9 cm³/mol. The average molecular weight is 258 g/mol. The van der Waals surface area contributed by atoms with E-state index in [0.717, 1.165) is 25.2 Å². The lowest BCUT2D eigenvalue weighted by atomic mass is 9.89. The maximum Gasteiger partial charge on any atom is 0.251 e. The summed E-state index contributed by atoms with van der Waals surface area (Å²) in [6.07, 6.45) is 6.56. The Hall–Kier alpha value is -1.35. The first-order valence-corrected chi connectivity index (χ1v) is 7.43. The van der Waals surface area contributed by atoms with Gasteiger partial charge in [-0.1, -0.05) is 25.3 Å². The fourth-order valence-electron chi connectivity index (χ4n) is 3.17. The molecule has 0 spiro atoms. The van der Waals surface area contributed by atoms with Gasteiger partial charge in [0.25, 0.3) is 5.91 Å². The van der Waals surface area contributed by atoms with Gasteiger partial charge in [-0.2, -0.15) is 0 Å². The van der Waals surface area contributed by atoms with Crippen molar-refractivity contribution in [3.63, 3.8) is 0 Å². The molecule has 1 fully saturated rings. The first-order chi connectivity index (χ1) is 9.33. The molecule has 2 aliphatic rings. The van der Waals surface area contributed by atoms with Crippen molar-refractivity contribution in [1.82, 2.24) is 10.6 Å². The topological polar surface area (TPSA) is 41.1 Å². The van der Waals surface area contributed by atoms with Crippen LogP contribution in [0.3, 0.4) is 0 Å². The van der Waals surface area contributed by atoms with Crippen LogP contribution in [0.15, 0.2) is 18.2 Å². The lowest BCUT2D eigenvalue weighted by Crippen LogP contribution is -2.30. The van der Waals surface area contributed by atoms with Gasteiger partial charge < -0.3 is 10.6 Å². The summed E-state index contributed by atoms with van der Waals surface area (Å²) in [5, 5.41) is 6.41. The van der Waals surface area contributed by atoms with Gasteiger partial charge in [-0.25, -0.2) is 0 Å². The molecule has 1 aliphatic heterocycles. The average Bonchev–Trinajstić information content (AvgIpc) is 2.93. The van der Waals surface area contributed by atoms with Crippen LogP contribution in [0.4, 0.5) is 0 Å². The van der Waals surface area contributed by atoms with E-state index in [0.29, 0.717) is 5.92 Å². The minimum Gasteiger partial charge on any atom is -0.352 e. The molecule has 0 saturated heterocycles. The standard InChI is InChI=1S/C16H22N2O/c19-16(18-9-12-4-2-1-3-5-12)13-6-7-14-10-17-11-15(14)8-13/h6-8,12,17H,1-5,9-11H2,(H,18,19). The van der Waals surface area contributed by atoms with Gasteiger partial charge in [0.15, 0.2) is 0 Å². The van der Waals surface area contributed by atoms with Crippen LogP contribution < -0.4 is 10.6 Å². The largest absolute Gasteiger partial charge is 0.352 e. The van der Waals surface area contributed by atoms with Crippen molar-refractivity contribution in [2.75, 3.05) is 6.54 Å². The lowest BCUT2D eigenvalue weighted by Gasteiger charge is -2.21. The molecule has 1 aromatic rings. The monoisotopic (exact) mass is 258 g/mol. The smallest absolute Gasteiger partial charge is 0.251 e. The first-order valence-electron chi connectivity index (χ1n) is 7.43. The number of hydrogen-bond acceptors (Lipinski definition) is 2. The highest BCUT2D eigenvalue weighted by Gasteiger charge is 2.16. The number of nitrogens with one attached hydrogen (secondary N) is 2. The van der Waals surface area contributed by atoms with Crippen molar-refractivity contribution < 1.29 is 4.79 Å². The van der Waals surface area contributed by atoms with Crippen LogP contribution in [0.25, 0.3) is 0 Å². The van der Waals surface area contributed by atoms with E-state index in [1.54, 1.807) is 0 Å². The van der Waals surface area contributed by atoms with E-state index in [2.05, 4.69) is 16.7 Å².